The van der Waals surface area contributed by atoms with Gasteiger partial charge in [0, 0.05) is 30.1 Å². The van der Waals surface area contributed by atoms with Gasteiger partial charge < -0.3 is 10.2 Å². The predicted octanol–water partition coefficient (Wildman–Crippen LogP) is 3.33. The summed E-state index contributed by atoms with van der Waals surface area (Å²) in [5.74, 6) is 2.12. The van der Waals surface area contributed by atoms with Gasteiger partial charge in [0.05, 0.1) is 5.52 Å². The van der Waals surface area contributed by atoms with Crippen molar-refractivity contribution in [1.29, 1.82) is 0 Å². The number of hydrogen-bond acceptors (Lipinski definition) is 3. The highest BCUT2D eigenvalue weighted by molar-refractivity contribution is 5.82. The predicted molar refractivity (Wildman–Crippen MR) is 87.6 cm³/mol. The minimum absolute atomic E-state index is 0.726. The second-order valence-electron chi connectivity index (χ2n) is 6.43. The molecule has 2 unspecified atom stereocenters. The highest BCUT2D eigenvalue weighted by Gasteiger charge is 2.39. The normalized spacial score (nSPS) is 24.1. The van der Waals surface area contributed by atoms with Crippen LogP contribution in [0.3, 0.4) is 0 Å². The lowest BCUT2D eigenvalue weighted by atomic mass is 10.1. The molecule has 110 valence electrons. The van der Waals surface area contributed by atoms with Crippen molar-refractivity contribution in [2.24, 2.45) is 5.92 Å². The second kappa shape index (κ2) is 5.30. The first-order valence-electron chi connectivity index (χ1n) is 8.21. The Bertz CT molecular complexity index is 652. The number of nitrogens with one attached hydrogen (secondary N) is 1. The van der Waals surface area contributed by atoms with Gasteiger partial charge in [-0.15, -0.1) is 0 Å². The number of benzene rings is 1. The molecule has 1 aromatic heterocycles. The molecule has 3 nitrogen and oxygen atoms in total. The molecule has 1 aliphatic heterocycles. The number of aromatic nitrogens is 1. The van der Waals surface area contributed by atoms with Gasteiger partial charge in [-0.1, -0.05) is 25.1 Å². The zero-order valence-corrected chi connectivity index (χ0v) is 12.7. The number of piperidine rings is 1. The van der Waals surface area contributed by atoms with Gasteiger partial charge in [-0.2, -0.15) is 0 Å². The Hall–Kier alpha value is -1.61. The molecule has 0 spiro atoms. The molecule has 0 radical (unpaired) electrons. The molecule has 1 saturated carbocycles. The molecule has 1 saturated heterocycles. The van der Waals surface area contributed by atoms with E-state index in [1.165, 1.54) is 42.6 Å². The van der Waals surface area contributed by atoms with Gasteiger partial charge in [0.1, 0.15) is 5.82 Å². The number of para-hydroxylation sites is 1. The summed E-state index contributed by atoms with van der Waals surface area (Å²) in [4.78, 5) is 7.59. The van der Waals surface area contributed by atoms with E-state index < -0.39 is 0 Å². The number of hydrogen-bond donors (Lipinski definition) is 1. The van der Waals surface area contributed by atoms with E-state index in [9.17, 15) is 0 Å². The maximum absolute atomic E-state index is 5.01. The van der Waals surface area contributed by atoms with E-state index in [2.05, 4.69) is 47.5 Å². The van der Waals surface area contributed by atoms with Gasteiger partial charge in [0.15, 0.2) is 0 Å². The maximum Gasteiger partial charge on any atom is 0.134 e. The Morgan fingerprint density at radius 1 is 1.29 bits per heavy atom. The fourth-order valence-electron chi connectivity index (χ4n) is 3.97. The van der Waals surface area contributed by atoms with Crippen molar-refractivity contribution in [2.45, 2.75) is 38.8 Å². The fourth-order valence-corrected chi connectivity index (χ4v) is 3.97. The minimum Gasteiger partial charge on any atom is -0.353 e. The smallest absolute Gasteiger partial charge is 0.134 e. The molecule has 2 aliphatic rings. The maximum atomic E-state index is 5.01. The molecule has 1 N–H and O–H groups in total. The highest BCUT2D eigenvalue weighted by Crippen LogP contribution is 2.41. The summed E-state index contributed by atoms with van der Waals surface area (Å²) in [7, 11) is 0. The SMILES string of the molecule is CCNCc1cc2ccccc2nc1N1CC2CCC1C2. The first-order chi connectivity index (χ1) is 10.3. The van der Waals surface area contributed by atoms with E-state index in [1.54, 1.807) is 0 Å². The van der Waals surface area contributed by atoms with Gasteiger partial charge in [0.25, 0.3) is 0 Å². The van der Waals surface area contributed by atoms with Crippen LogP contribution in [0.4, 0.5) is 5.82 Å². The lowest BCUT2D eigenvalue weighted by Gasteiger charge is -2.30. The lowest BCUT2D eigenvalue weighted by Crippen LogP contribution is -2.34. The Morgan fingerprint density at radius 3 is 2.95 bits per heavy atom. The van der Waals surface area contributed by atoms with Crippen molar-refractivity contribution in [2.75, 3.05) is 18.0 Å². The van der Waals surface area contributed by atoms with Crippen LogP contribution in [0.2, 0.25) is 0 Å². The van der Waals surface area contributed by atoms with Crippen molar-refractivity contribution in [3.8, 4) is 0 Å². The molecule has 2 atom stereocenters. The lowest BCUT2D eigenvalue weighted by molar-refractivity contribution is 0.548. The molecular formula is C18H23N3. The summed E-state index contributed by atoms with van der Waals surface area (Å²) in [6.07, 6.45) is 4.13. The average Bonchev–Trinajstić information content (AvgIpc) is 3.15. The summed E-state index contributed by atoms with van der Waals surface area (Å²) in [5, 5.41) is 4.72. The van der Waals surface area contributed by atoms with E-state index in [0.29, 0.717) is 0 Å². The molecule has 1 aromatic carbocycles. The average molecular weight is 281 g/mol. The first kappa shape index (κ1) is 13.1. The summed E-state index contributed by atoms with van der Waals surface area (Å²) < 4.78 is 0. The first-order valence-corrected chi connectivity index (χ1v) is 8.21. The number of anilines is 1. The summed E-state index contributed by atoms with van der Waals surface area (Å²) in [5.41, 5.74) is 2.47. The van der Waals surface area contributed by atoms with Crippen LogP contribution in [0.5, 0.6) is 0 Å². The van der Waals surface area contributed by atoms with Crippen LogP contribution in [0.15, 0.2) is 30.3 Å². The van der Waals surface area contributed by atoms with Crippen LogP contribution >= 0.6 is 0 Å². The zero-order chi connectivity index (χ0) is 14.2. The minimum atomic E-state index is 0.726. The third kappa shape index (κ3) is 2.30. The van der Waals surface area contributed by atoms with E-state index in [4.69, 9.17) is 4.98 Å². The Labute approximate surface area is 126 Å². The zero-order valence-electron chi connectivity index (χ0n) is 12.7. The molecule has 2 bridgehead atoms. The van der Waals surface area contributed by atoms with Crippen molar-refractivity contribution in [3.63, 3.8) is 0 Å². The highest BCUT2D eigenvalue weighted by atomic mass is 15.2. The molecule has 4 rings (SSSR count). The van der Waals surface area contributed by atoms with Crippen LogP contribution in [0, 0.1) is 5.92 Å². The molecule has 2 fully saturated rings. The van der Waals surface area contributed by atoms with Crippen LogP contribution in [-0.4, -0.2) is 24.1 Å². The number of rotatable bonds is 4. The van der Waals surface area contributed by atoms with Gasteiger partial charge in [-0.3, -0.25) is 0 Å². The van der Waals surface area contributed by atoms with Crippen molar-refractivity contribution >= 4 is 16.7 Å². The van der Waals surface area contributed by atoms with E-state index in [-0.39, 0.29) is 0 Å². The standard InChI is InChI=1S/C18H23N3/c1-2-19-11-15-10-14-5-3-4-6-17(14)20-18(15)21-12-13-7-8-16(21)9-13/h3-6,10,13,16,19H,2,7-9,11-12H2,1H3. The molecule has 3 heteroatoms. The van der Waals surface area contributed by atoms with Crippen LogP contribution in [-0.2, 0) is 6.54 Å². The summed E-state index contributed by atoms with van der Waals surface area (Å²) in [6.45, 7) is 5.27. The van der Waals surface area contributed by atoms with E-state index in [0.717, 1.165) is 30.6 Å². The Kier molecular flexibility index (Phi) is 3.30. The third-order valence-corrected chi connectivity index (χ3v) is 5.03. The monoisotopic (exact) mass is 281 g/mol. The van der Waals surface area contributed by atoms with Gasteiger partial charge in [-0.25, -0.2) is 4.98 Å². The molecule has 0 amide bonds. The Balaban J connectivity index is 1.77. The van der Waals surface area contributed by atoms with Crippen molar-refractivity contribution in [1.82, 2.24) is 10.3 Å². The second-order valence-corrected chi connectivity index (χ2v) is 6.43. The van der Waals surface area contributed by atoms with E-state index in [1.807, 2.05) is 0 Å². The molecule has 1 aliphatic carbocycles. The molecule has 2 heterocycles. The molecule has 21 heavy (non-hydrogen) atoms. The molecule has 2 aromatic rings. The number of nitrogens with zero attached hydrogens (tertiary/aromatic N) is 2. The fraction of sp³-hybridized carbons (Fsp3) is 0.500. The van der Waals surface area contributed by atoms with Crippen LogP contribution < -0.4 is 10.2 Å². The summed E-state index contributed by atoms with van der Waals surface area (Å²) in [6, 6.07) is 11.5. The van der Waals surface area contributed by atoms with Gasteiger partial charge >= 0.3 is 0 Å². The van der Waals surface area contributed by atoms with Crippen LogP contribution in [0.1, 0.15) is 31.7 Å². The van der Waals surface area contributed by atoms with E-state index >= 15 is 0 Å². The van der Waals surface area contributed by atoms with Crippen molar-refractivity contribution in [3.05, 3.63) is 35.9 Å². The topological polar surface area (TPSA) is 28.2 Å². The van der Waals surface area contributed by atoms with Gasteiger partial charge in [0.2, 0.25) is 0 Å². The summed E-state index contributed by atoms with van der Waals surface area (Å²) >= 11 is 0. The molecular weight excluding hydrogens is 258 g/mol. The Morgan fingerprint density at radius 2 is 2.19 bits per heavy atom. The number of fused-ring (bicyclic) bond motifs is 3. The van der Waals surface area contributed by atoms with Crippen molar-refractivity contribution < 1.29 is 0 Å². The third-order valence-electron chi connectivity index (χ3n) is 5.03. The largest absolute Gasteiger partial charge is 0.353 e. The van der Waals surface area contributed by atoms with Gasteiger partial charge in [-0.05, 0) is 43.9 Å². The van der Waals surface area contributed by atoms with Crippen LogP contribution in [0.25, 0.3) is 10.9 Å². The quantitative estimate of drug-likeness (QED) is 0.931. The number of pyridine rings is 1.